The molecular formula is C13H7BrF2N2. The molecule has 0 atom stereocenters. The molecule has 0 radical (unpaired) electrons. The van der Waals surface area contributed by atoms with Gasteiger partial charge in [0.25, 0.3) is 0 Å². The van der Waals surface area contributed by atoms with Crippen molar-refractivity contribution in [1.82, 2.24) is 0 Å². The van der Waals surface area contributed by atoms with Gasteiger partial charge in [-0.2, -0.15) is 5.26 Å². The topological polar surface area (TPSA) is 49.8 Å². The molecule has 0 amide bonds. The highest BCUT2D eigenvalue weighted by atomic mass is 79.9. The Morgan fingerprint density at radius 1 is 1.06 bits per heavy atom. The maximum Gasteiger partial charge on any atom is 0.149 e. The van der Waals surface area contributed by atoms with Crippen LogP contribution in [0.15, 0.2) is 34.8 Å². The standard InChI is InChI=1S/C13H7BrF2N2/c14-8-2-1-7(6-17)9(3-8)10-4-13(18)12(16)5-11(10)15/h1-5H,18H2. The molecule has 2 aromatic rings. The van der Waals surface area contributed by atoms with Gasteiger partial charge in [-0.3, -0.25) is 0 Å². The van der Waals surface area contributed by atoms with E-state index < -0.39 is 11.6 Å². The molecule has 2 N–H and O–H groups in total. The first-order valence-electron chi connectivity index (χ1n) is 4.97. The minimum Gasteiger partial charge on any atom is -0.396 e. The van der Waals surface area contributed by atoms with Gasteiger partial charge in [-0.1, -0.05) is 15.9 Å². The molecule has 2 rings (SSSR count). The lowest BCUT2D eigenvalue weighted by Crippen LogP contribution is -1.96. The summed E-state index contributed by atoms with van der Waals surface area (Å²) in [5.74, 6) is -1.57. The SMILES string of the molecule is N#Cc1ccc(Br)cc1-c1cc(N)c(F)cc1F. The van der Waals surface area contributed by atoms with Crippen LogP contribution >= 0.6 is 15.9 Å². The van der Waals surface area contributed by atoms with Gasteiger partial charge in [0.1, 0.15) is 11.6 Å². The first kappa shape index (κ1) is 12.5. The van der Waals surface area contributed by atoms with Gasteiger partial charge in [0, 0.05) is 21.7 Å². The summed E-state index contributed by atoms with van der Waals surface area (Å²) in [4.78, 5) is 0. The predicted molar refractivity (Wildman–Crippen MR) is 68.6 cm³/mol. The summed E-state index contributed by atoms with van der Waals surface area (Å²) < 4.78 is 27.5. The van der Waals surface area contributed by atoms with Gasteiger partial charge in [-0.25, -0.2) is 8.78 Å². The minimum atomic E-state index is -0.815. The zero-order valence-electron chi connectivity index (χ0n) is 9.05. The summed E-state index contributed by atoms with van der Waals surface area (Å²) in [6.45, 7) is 0. The van der Waals surface area contributed by atoms with Crippen molar-refractivity contribution in [2.75, 3.05) is 5.73 Å². The Labute approximate surface area is 111 Å². The molecule has 0 spiro atoms. The molecule has 2 nitrogen and oxygen atoms in total. The number of anilines is 1. The molecule has 0 saturated heterocycles. The normalized spacial score (nSPS) is 10.1. The summed E-state index contributed by atoms with van der Waals surface area (Å²) in [5, 5.41) is 8.99. The van der Waals surface area contributed by atoms with Gasteiger partial charge in [-0.15, -0.1) is 0 Å². The second kappa shape index (κ2) is 4.75. The van der Waals surface area contributed by atoms with Crippen molar-refractivity contribution in [2.24, 2.45) is 0 Å². The number of hydrogen-bond donors (Lipinski definition) is 1. The first-order chi connectivity index (χ1) is 8.52. The highest BCUT2D eigenvalue weighted by molar-refractivity contribution is 9.10. The van der Waals surface area contributed by atoms with Crippen molar-refractivity contribution < 1.29 is 8.78 Å². The summed E-state index contributed by atoms with van der Waals surface area (Å²) in [5.41, 5.74) is 6.03. The third kappa shape index (κ3) is 2.20. The highest BCUT2D eigenvalue weighted by Crippen LogP contribution is 2.31. The number of benzene rings is 2. The van der Waals surface area contributed by atoms with E-state index >= 15 is 0 Å². The van der Waals surface area contributed by atoms with E-state index in [1.165, 1.54) is 6.07 Å². The number of nitrogens with zero attached hydrogens (tertiary/aromatic N) is 1. The van der Waals surface area contributed by atoms with E-state index in [2.05, 4.69) is 15.9 Å². The van der Waals surface area contributed by atoms with Crippen LogP contribution in [0.25, 0.3) is 11.1 Å². The van der Waals surface area contributed by atoms with Crippen molar-refractivity contribution >= 4 is 21.6 Å². The van der Waals surface area contributed by atoms with Crippen LogP contribution in [0.5, 0.6) is 0 Å². The molecule has 0 bridgehead atoms. The van der Waals surface area contributed by atoms with Crippen LogP contribution in [0, 0.1) is 23.0 Å². The molecule has 0 saturated carbocycles. The van der Waals surface area contributed by atoms with Crippen molar-refractivity contribution in [1.29, 1.82) is 5.26 Å². The van der Waals surface area contributed by atoms with E-state index in [0.29, 0.717) is 21.7 Å². The van der Waals surface area contributed by atoms with E-state index in [9.17, 15) is 8.78 Å². The number of rotatable bonds is 1. The molecule has 0 aromatic heterocycles. The molecule has 0 aliphatic rings. The summed E-state index contributed by atoms with van der Waals surface area (Å²) >= 11 is 3.24. The Morgan fingerprint density at radius 3 is 2.44 bits per heavy atom. The molecule has 0 heterocycles. The fourth-order valence-electron chi connectivity index (χ4n) is 1.61. The number of halogens is 3. The number of nitrogen functional groups attached to an aromatic ring is 1. The van der Waals surface area contributed by atoms with E-state index in [4.69, 9.17) is 11.0 Å². The van der Waals surface area contributed by atoms with E-state index in [1.54, 1.807) is 18.2 Å². The largest absolute Gasteiger partial charge is 0.396 e. The lowest BCUT2D eigenvalue weighted by atomic mass is 9.99. The first-order valence-corrected chi connectivity index (χ1v) is 5.76. The van der Waals surface area contributed by atoms with Crippen LogP contribution in [-0.2, 0) is 0 Å². The van der Waals surface area contributed by atoms with Crippen molar-refractivity contribution in [3.63, 3.8) is 0 Å². The Bertz CT molecular complexity index is 663. The third-order valence-electron chi connectivity index (χ3n) is 2.48. The van der Waals surface area contributed by atoms with Crippen LogP contribution < -0.4 is 5.73 Å². The van der Waals surface area contributed by atoms with Crippen molar-refractivity contribution in [3.05, 3.63) is 52.0 Å². The fourth-order valence-corrected chi connectivity index (χ4v) is 1.97. The average molecular weight is 309 g/mol. The molecule has 0 aliphatic carbocycles. The zero-order valence-corrected chi connectivity index (χ0v) is 10.6. The Hall–Kier alpha value is -1.93. The smallest absolute Gasteiger partial charge is 0.149 e. The number of nitriles is 1. The summed E-state index contributed by atoms with van der Waals surface area (Å²) in [6, 6.07) is 8.68. The average Bonchev–Trinajstić information content (AvgIpc) is 2.34. The molecule has 90 valence electrons. The maximum absolute atomic E-state index is 13.7. The van der Waals surface area contributed by atoms with E-state index in [0.717, 1.165) is 0 Å². The lowest BCUT2D eigenvalue weighted by molar-refractivity contribution is 0.588. The summed E-state index contributed by atoms with van der Waals surface area (Å²) in [6.07, 6.45) is 0. The Morgan fingerprint density at radius 2 is 1.78 bits per heavy atom. The Balaban J connectivity index is 2.73. The quantitative estimate of drug-likeness (QED) is 0.814. The minimum absolute atomic E-state index is 0.103. The summed E-state index contributed by atoms with van der Waals surface area (Å²) in [7, 11) is 0. The Kier molecular flexibility index (Phi) is 3.30. The second-order valence-electron chi connectivity index (χ2n) is 3.66. The molecule has 2 aromatic carbocycles. The van der Waals surface area contributed by atoms with Gasteiger partial charge < -0.3 is 5.73 Å². The van der Waals surface area contributed by atoms with Gasteiger partial charge in [0.05, 0.1) is 17.3 Å². The van der Waals surface area contributed by atoms with E-state index in [1.807, 2.05) is 6.07 Å². The maximum atomic E-state index is 13.7. The molecule has 5 heteroatoms. The third-order valence-corrected chi connectivity index (χ3v) is 2.97. The number of hydrogen-bond acceptors (Lipinski definition) is 2. The number of nitrogens with two attached hydrogens (primary N) is 1. The van der Waals surface area contributed by atoms with Gasteiger partial charge in [-0.05, 0) is 24.3 Å². The van der Waals surface area contributed by atoms with Crippen LogP contribution in [0.4, 0.5) is 14.5 Å². The lowest BCUT2D eigenvalue weighted by Gasteiger charge is -2.08. The molecule has 0 fully saturated rings. The van der Waals surface area contributed by atoms with Crippen LogP contribution in [0.1, 0.15) is 5.56 Å². The van der Waals surface area contributed by atoms with Gasteiger partial charge >= 0.3 is 0 Å². The van der Waals surface area contributed by atoms with Crippen LogP contribution in [-0.4, -0.2) is 0 Å². The molecule has 18 heavy (non-hydrogen) atoms. The molecule has 0 unspecified atom stereocenters. The highest BCUT2D eigenvalue weighted by Gasteiger charge is 2.13. The predicted octanol–water partition coefficient (Wildman–Crippen LogP) is 3.85. The molecular weight excluding hydrogens is 302 g/mol. The van der Waals surface area contributed by atoms with Crippen LogP contribution in [0.2, 0.25) is 0 Å². The van der Waals surface area contributed by atoms with Gasteiger partial charge in [0.15, 0.2) is 0 Å². The van der Waals surface area contributed by atoms with Crippen LogP contribution in [0.3, 0.4) is 0 Å². The van der Waals surface area contributed by atoms with Crippen molar-refractivity contribution in [3.8, 4) is 17.2 Å². The van der Waals surface area contributed by atoms with E-state index in [-0.39, 0.29) is 11.3 Å². The van der Waals surface area contributed by atoms with Gasteiger partial charge in [0.2, 0.25) is 0 Å². The second-order valence-corrected chi connectivity index (χ2v) is 4.57. The molecule has 0 aliphatic heterocycles. The van der Waals surface area contributed by atoms with Crippen molar-refractivity contribution in [2.45, 2.75) is 0 Å². The monoisotopic (exact) mass is 308 g/mol. The fraction of sp³-hybridized carbons (Fsp3) is 0. The zero-order chi connectivity index (χ0) is 13.3.